The van der Waals surface area contributed by atoms with Crippen molar-refractivity contribution in [1.29, 1.82) is 0 Å². The zero-order valence-electron chi connectivity index (χ0n) is 20.5. The maximum absolute atomic E-state index is 13.3. The maximum atomic E-state index is 13.3. The molecule has 0 aromatic heterocycles. The van der Waals surface area contributed by atoms with Crippen LogP contribution in [0, 0.1) is 19.8 Å². The van der Waals surface area contributed by atoms with Crippen LogP contribution >= 0.6 is 0 Å². The first kappa shape index (κ1) is 26.2. The Bertz CT molecular complexity index is 888. The zero-order chi connectivity index (χ0) is 24.9. The third-order valence-electron chi connectivity index (χ3n) is 5.22. The Balaban J connectivity index is 2.33. The fourth-order valence-corrected chi connectivity index (χ4v) is 3.70. The molecule has 0 radical (unpaired) electrons. The van der Waals surface area contributed by atoms with Gasteiger partial charge in [0.25, 0.3) is 0 Å². The molecule has 1 aromatic carbocycles. The van der Waals surface area contributed by atoms with E-state index in [1.54, 1.807) is 20.8 Å². The fourth-order valence-electron chi connectivity index (χ4n) is 3.70. The maximum Gasteiger partial charge on any atom is 0.408 e. The Morgan fingerprint density at radius 2 is 1.64 bits per heavy atom. The van der Waals surface area contributed by atoms with Gasteiger partial charge in [0, 0.05) is 6.04 Å². The van der Waals surface area contributed by atoms with Gasteiger partial charge in [-0.2, -0.15) is 0 Å². The predicted octanol–water partition coefficient (Wildman–Crippen LogP) is 2.40. The summed E-state index contributed by atoms with van der Waals surface area (Å²) in [5.41, 5.74) is 1.82. The van der Waals surface area contributed by atoms with E-state index in [2.05, 4.69) is 15.4 Å². The molecule has 182 valence electrons. The van der Waals surface area contributed by atoms with Crippen LogP contribution in [0.3, 0.4) is 0 Å². The van der Waals surface area contributed by atoms with E-state index in [0.29, 0.717) is 5.56 Å². The second-order valence-electron chi connectivity index (χ2n) is 9.55. The Kier molecular flexibility index (Phi) is 8.46. The van der Waals surface area contributed by atoms with Gasteiger partial charge in [-0.1, -0.05) is 36.2 Å². The van der Waals surface area contributed by atoms with Crippen molar-refractivity contribution in [2.45, 2.75) is 65.6 Å². The van der Waals surface area contributed by atoms with Crippen molar-refractivity contribution in [2.24, 2.45) is 5.92 Å². The average molecular weight is 462 g/mol. The molecule has 3 amide bonds. The first-order chi connectivity index (χ1) is 15.3. The number of carbonyl (C=O) groups excluding carboxylic acids is 4. The van der Waals surface area contributed by atoms with Crippen LogP contribution in [0.15, 0.2) is 18.2 Å². The molecule has 0 aliphatic heterocycles. The summed E-state index contributed by atoms with van der Waals surface area (Å²) >= 11 is 0. The summed E-state index contributed by atoms with van der Waals surface area (Å²) in [5, 5.41) is 5.07. The number of carbonyl (C=O) groups is 4. The van der Waals surface area contributed by atoms with Crippen LogP contribution in [0.2, 0.25) is 0 Å². The quantitative estimate of drug-likeness (QED) is 0.575. The molecule has 1 fully saturated rings. The van der Waals surface area contributed by atoms with Crippen molar-refractivity contribution >= 4 is 23.9 Å². The van der Waals surface area contributed by atoms with E-state index in [1.165, 1.54) is 12.0 Å². The van der Waals surface area contributed by atoms with Crippen molar-refractivity contribution in [3.05, 3.63) is 34.9 Å². The van der Waals surface area contributed by atoms with E-state index in [0.717, 1.165) is 17.5 Å². The number of amides is 3. The van der Waals surface area contributed by atoms with Crippen LogP contribution in [0.4, 0.5) is 4.79 Å². The van der Waals surface area contributed by atoms with Gasteiger partial charge in [-0.05, 0) is 52.5 Å². The standard InChI is InChI=1S/C24H35N3O6/c1-14-8-15(2)10-17(9-14)21(22(30)25-13-20(29)32-7)27(18-11-16(18)3)19(28)12-26-23(31)33-24(4,5)6/h8-10,16,18,21H,11-13H2,1-7H3,(H,25,30)(H,26,31). The second-order valence-corrected chi connectivity index (χ2v) is 9.55. The van der Waals surface area contributed by atoms with Gasteiger partial charge < -0.3 is 25.0 Å². The van der Waals surface area contributed by atoms with E-state index < -0.39 is 35.5 Å². The third-order valence-corrected chi connectivity index (χ3v) is 5.22. The van der Waals surface area contributed by atoms with Crippen LogP contribution in [0.5, 0.6) is 0 Å². The van der Waals surface area contributed by atoms with Gasteiger partial charge in [0.1, 0.15) is 24.7 Å². The minimum Gasteiger partial charge on any atom is -0.468 e. The number of methoxy groups -OCH3 is 1. The van der Waals surface area contributed by atoms with Gasteiger partial charge in [-0.15, -0.1) is 0 Å². The van der Waals surface area contributed by atoms with Crippen LogP contribution in [-0.4, -0.2) is 60.6 Å². The largest absolute Gasteiger partial charge is 0.468 e. The molecule has 3 atom stereocenters. The molecule has 0 saturated heterocycles. The van der Waals surface area contributed by atoms with Crippen LogP contribution < -0.4 is 10.6 Å². The van der Waals surface area contributed by atoms with Crippen LogP contribution in [0.25, 0.3) is 0 Å². The van der Waals surface area contributed by atoms with Crippen molar-refractivity contribution in [1.82, 2.24) is 15.5 Å². The van der Waals surface area contributed by atoms with Crippen molar-refractivity contribution in [3.63, 3.8) is 0 Å². The number of esters is 1. The summed E-state index contributed by atoms with van der Waals surface area (Å²) in [6.45, 7) is 10.4. The lowest BCUT2D eigenvalue weighted by atomic mass is 9.98. The second kappa shape index (κ2) is 10.7. The molecule has 1 saturated carbocycles. The summed E-state index contributed by atoms with van der Waals surface area (Å²) in [6, 6.07) is 4.56. The number of nitrogens with one attached hydrogen (secondary N) is 2. The van der Waals surface area contributed by atoms with Crippen molar-refractivity contribution < 1.29 is 28.7 Å². The molecular formula is C24H35N3O6. The molecule has 0 heterocycles. The van der Waals surface area contributed by atoms with E-state index in [-0.39, 0.29) is 25.0 Å². The number of aryl methyl sites for hydroxylation is 2. The lowest BCUT2D eigenvalue weighted by Gasteiger charge is -2.32. The van der Waals surface area contributed by atoms with Gasteiger partial charge in [0.15, 0.2) is 0 Å². The third kappa shape index (κ3) is 7.76. The van der Waals surface area contributed by atoms with E-state index in [9.17, 15) is 19.2 Å². The number of nitrogens with zero attached hydrogens (tertiary/aromatic N) is 1. The molecule has 0 bridgehead atoms. The SMILES string of the molecule is COC(=O)CNC(=O)C(c1cc(C)cc(C)c1)N(C(=O)CNC(=O)OC(C)(C)C)C1CC1C. The van der Waals surface area contributed by atoms with Gasteiger partial charge in [0.2, 0.25) is 11.8 Å². The Morgan fingerprint density at radius 3 is 2.12 bits per heavy atom. The minimum atomic E-state index is -0.962. The first-order valence-corrected chi connectivity index (χ1v) is 11.0. The first-order valence-electron chi connectivity index (χ1n) is 11.0. The summed E-state index contributed by atoms with van der Waals surface area (Å²) < 4.78 is 9.83. The molecule has 9 nitrogen and oxygen atoms in total. The molecule has 1 aliphatic rings. The molecular weight excluding hydrogens is 426 g/mol. The normalized spacial score (nSPS) is 18.0. The van der Waals surface area contributed by atoms with Crippen LogP contribution in [-0.2, 0) is 23.9 Å². The molecule has 1 aromatic rings. The summed E-state index contributed by atoms with van der Waals surface area (Å²) in [6.07, 6.45) is 0.0294. The molecule has 3 unspecified atom stereocenters. The molecule has 9 heteroatoms. The summed E-state index contributed by atoms with van der Waals surface area (Å²) in [5.74, 6) is -1.29. The topological polar surface area (TPSA) is 114 Å². The Hall–Kier alpha value is -3.10. The lowest BCUT2D eigenvalue weighted by molar-refractivity contribution is -0.144. The van der Waals surface area contributed by atoms with Crippen molar-refractivity contribution in [2.75, 3.05) is 20.2 Å². The molecule has 1 aliphatic carbocycles. The predicted molar refractivity (Wildman–Crippen MR) is 122 cm³/mol. The van der Waals surface area contributed by atoms with E-state index in [4.69, 9.17) is 4.74 Å². The number of rotatable bonds is 8. The van der Waals surface area contributed by atoms with E-state index in [1.807, 2.05) is 39.0 Å². The highest BCUT2D eigenvalue weighted by Gasteiger charge is 2.46. The van der Waals surface area contributed by atoms with Gasteiger partial charge in [-0.25, -0.2) is 4.79 Å². The van der Waals surface area contributed by atoms with Gasteiger partial charge in [-0.3, -0.25) is 14.4 Å². The Morgan fingerprint density at radius 1 is 1.06 bits per heavy atom. The van der Waals surface area contributed by atoms with Crippen molar-refractivity contribution in [3.8, 4) is 0 Å². The average Bonchev–Trinajstić information content (AvgIpc) is 3.41. The van der Waals surface area contributed by atoms with Gasteiger partial charge in [0.05, 0.1) is 7.11 Å². The minimum absolute atomic E-state index is 0.160. The molecule has 33 heavy (non-hydrogen) atoms. The highest BCUT2D eigenvalue weighted by atomic mass is 16.6. The summed E-state index contributed by atoms with van der Waals surface area (Å²) in [4.78, 5) is 51.8. The molecule has 2 N–H and O–H groups in total. The number of ether oxygens (including phenoxy) is 2. The molecule has 2 rings (SSSR count). The van der Waals surface area contributed by atoms with Gasteiger partial charge >= 0.3 is 12.1 Å². The smallest absolute Gasteiger partial charge is 0.408 e. The number of hydrogen-bond acceptors (Lipinski definition) is 6. The highest BCUT2D eigenvalue weighted by molar-refractivity contribution is 5.92. The fraction of sp³-hybridized carbons (Fsp3) is 0.583. The molecule has 0 spiro atoms. The van der Waals surface area contributed by atoms with E-state index >= 15 is 0 Å². The number of hydrogen-bond donors (Lipinski definition) is 2. The monoisotopic (exact) mass is 461 g/mol. The van der Waals surface area contributed by atoms with Crippen LogP contribution in [0.1, 0.15) is 56.8 Å². The highest BCUT2D eigenvalue weighted by Crippen LogP contribution is 2.40. The zero-order valence-corrected chi connectivity index (χ0v) is 20.5. The summed E-state index contributed by atoms with van der Waals surface area (Å²) in [7, 11) is 1.24. The lowest BCUT2D eigenvalue weighted by Crippen LogP contribution is -2.49. The Labute approximate surface area is 195 Å². The number of alkyl carbamates (subject to hydrolysis) is 1. The number of benzene rings is 1.